The maximum absolute atomic E-state index is 12.8. The molecule has 1 spiro atoms. The molecular formula is C25H28F3N7. The van der Waals surface area contributed by atoms with Crippen LogP contribution in [0.25, 0.3) is 11.0 Å². The zero-order valence-electron chi connectivity index (χ0n) is 19.9. The normalized spacial score (nSPS) is 21.3. The molecule has 2 saturated heterocycles. The van der Waals surface area contributed by atoms with Crippen LogP contribution in [-0.4, -0.2) is 57.0 Å². The summed E-state index contributed by atoms with van der Waals surface area (Å²) in [4.78, 5) is 13.1. The minimum absolute atomic E-state index is 0.141. The Bertz CT molecular complexity index is 1260. The number of nitriles is 1. The molecule has 0 amide bonds. The average molecular weight is 484 g/mol. The molecule has 1 aromatic carbocycles. The van der Waals surface area contributed by atoms with Gasteiger partial charge in [0.25, 0.3) is 0 Å². The summed E-state index contributed by atoms with van der Waals surface area (Å²) in [6.07, 6.45) is 0.533. The van der Waals surface area contributed by atoms with Crippen LogP contribution in [0.15, 0.2) is 36.8 Å². The van der Waals surface area contributed by atoms with E-state index in [0.29, 0.717) is 11.2 Å². The van der Waals surface area contributed by atoms with Crippen molar-refractivity contribution in [3.05, 3.63) is 47.9 Å². The summed E-state index contributed by atoms with van der Waals surface area (Å²) in [7, 11) is 0. The van der Waals surface area contributed by atoms with Crippen LogP contribution < -0.4 is 4.90 Å². The topological polar surface area (TPSA) is 73.9 Å². The van der Waals surface area contributed by atoms with Crippen LogP contribution in [0.5, 0.6) is 0 Å². The van der Waals surface area contributed by atoms with Crippen molar-refractivity contribution in [3.8, 4) is 6.07 Å². The lowest BCUT2D eigenvalue weighted by molar-refractivity contribution is -0.142. The van der Waals surface area contributed by atoms with Crippen molar-refractivity contribution < 1.29 is 13.2 Å². The number of halogens is 3. The molecule has 2 fully saturated rings. The Kier molecular flexibility index (Phi) is 5.71. The molecule has 2 aliphatic heterocycles. The van der Waals surface area contributed by atoms with Crippen molar-refractivity contribution in [3.63, 3.8) is 0 Å². The number of hydrogen-bond donors (Lipinski definition) is 0. The van der Waals surface area contributed by atoms with Crippen LogP contribution in [0.2, 0.25) is 0 Å². The van der Waals surface area contributed by atoms with E-state index in [1.54, 1.807) is 0 Å². The number of alkyl halides is 3. The van der Waals surface area contributed by atoms with Gasteiger partial charge in [-0.05, 0) is 44.4 Å². The molecule has 0 bridgehead atoms. The number of likely N-dealkylation sites (tertiary alicyclic amines) is 1. The fraction of sp³-hybridized carbons (Fsp3) is 0.520. The van der Waals surface area contributed by atoms with E-state index in [-0.39, 0.29) is 11.1 Å². The molecule has 0 N–H and O–H groups in total. The van der Waals surface area contributed by atoms with Crippen LogP contribution >= 0.6 is 0 Å². The predicted molar refractivity (Wildman–Crippen MR) is 126 cm³/mol. The van der Waals surface area contributed by atoms with Gasteiger partial charge in [0.15, 0.2) is 5.65 Å². The van der Waals surface area contributed by atoms with Crippen molar-refractivity contribution >= 4 is 16.9 Å². The monoisotopic (exact) mass is 483 g/mol. The summed E-state index contributed by atoms with van der Waals surface area (Å²) in [5.74, 6) is 0.662. The highest BCUT2D eigenvalue weighted by Crippen LogP contribution is 2.42. The Labute approximate surface area is 202 Å². The summed E-state index contributed by atoms with van der Waals surface area (Å²) < 4.78 is 39.4. The number of aromatic nitrogens is 4. The number of hydrogen-bond acceptors (Lipinski definition) is 6. The molecule has 2 aliphatic rings. The first kappa shape index (κ1) is 23.5. The van der Waals surface area contributed by atoms with E-state index in [9.17, 15) is 18.4 Å². The molecule has 2 aromatic heterocycles. The summed E-state index contributed by atoms with van der Waals surface area (Å²) in [6, 6.07) is 10.6. The highest BCUT2D eigenvalue weighted by molar-refractivity contribution is 5.86. The number of benzene rings is 1. The SMILES string of the molecule is CC(C)(C#N)c1ccc(CN2CCC3(CCN(c4ncnc5nn(CC(F)(F)F)cc45)C3)C2)cc1. The highest BCUT2D eigenvalue weighted by Gasteiger charge is 2.44. The lowest BCUT2D eigenvalue weighted by Gasteiger charge is -2.25. The van der Waals surface area contributed by atoms with Crippen LogP contribution in [0.1, 0.15) is 37.8 Å². The second kappa shape index (κ2) is 8.48. The van der Waals surface area contributed by atoms with Crippen molar-refractivity contribution in [1.82, 2.24) is 24.6 Å². The van der Waals surface area contributed by atoms with Crippen molar-refractivity contribution in [1.29, 1.82) is 5.26 Å². The molecule has 4 heterocycles. The first-order valence-electron chi connectivity index (χ1n) is 11.8. The minimum Gasteiger partial charge on any atom is -0.355 e. The summed E-state index contributed by atoms with van der Waals surface area (Å²) in [6.45, 7) is 7.15. The molecule has 7 nitrogen and oxygen atoms in total. The van der Waals surface area contributed by atoms with Crippen LogP contribution in [0, 0.1) is 16.7 Å². The van der Waals surface area contributed by atoms with Gasteiger partial charge in [-0.25, -0.2) is 9.97 Å². The third-order valence-electron chi connectivity index (χ3n) is 7.30. The lowest BCUT2D eigenvalue weighted by Crippen LogP contribution is -2.31. The molecule has 0 aliphatic carbocycles. The standard InChI is InChI=1S/C25H28F3N7/c1-23(2,13-29)19-5-3-18(4-6-19)11-33-9-7-24(14-33)8-10-34(15-24)22-20-12-35(16-25(26,27)28)32-21(20)30-17-31-22/h3-6,12,17H,7-11,14-16H2,1-2H3. The number of nitrogens with zero attached hydrogens (tertiary/aromatic N) is 7. The van der Waals surface area contributed by atoms with Gasteiger partial charge in [0.2, 0.25) is 0 Å². The van der Waals surface area contributed by atoms with E-state index >= 15 is 0 Å². The van der Waals surface area contributed by atoms with Gasteiger partial charge in [-0.1, -0.05) is 24.3 Å². The highest BCUT2D eigenvalue weighted by atomic mass is 19.4. The van der Waals surface area contributed by atoms with Gasteiger partial charge in [-0.3, -0.25) is 9.58 Å². The van der Waals surface area contributed by atoms with E-state index in [1.165, 1.54) is 18.1 Å². The second-order valence-electron chi connectivity index (χ2n) is 10.4. The van der Waals surface area contributed by atoms with Gasteiger partial charge in [0.05, 0.1) is 16.9 Å². The second-order valence-corrected chi connectivity index (χ2v) is 10.4. The molecule has 5 rings (SSSR count). The van der Waals surface area contributed by atoms with E-state index in [1.807, 2.05) is 26.0 Å². The maximum atomic E-state index is 12.8. The Morgan fingerprint density at radius 1 is 1.06 bits per heavy atom. The first-order chi connectivity index (χ1) is 16.6. The Morgan fingerprint density at radius 2 is 1.80 bits per heavy atom. The largest absolute Gasteiger partial charge is 0.408 e. The van der Waals surface area contributed by atoms with Crippen molar-refractivity contribution in [2.75, 3.05) is 31.1 Å². The Balaban J connectivity index is 1.26. The van der Waals surface area contributed by atoms with Crippen LogP contribution in [0.3, 0.4) is 0 Å². The number of fused-ring (bicyclic) bond motifs is 1. The summed E-state index contributed by atoms with van der Waals surface area (Å²) in [5.41, 5.74) is 2.17. The quantitative estimate of drug-likeness (QED) is 0.539. The maximum Gasteiger partial charge on any atom is 0.408 e. The predicted octanol–water partition coefficient (Wildman–Crippen LogP) is 4.29. The van der Waals surface area contributed by atoms with Gasteiger partial charge in [-0.2, -0.15) is 23.5 Å². The molecule has 1 unspecified atom stereocenters. The van der Waals surface area contributed by atoms with Gasteiger partial charge in [0.1, 0.15) is 18.7 Å². The average Bonchev–Trinajstić information content (AvgIpc) is 3.51. The fourth-order valence-corrected chi connectivity index (χ4v) is 5.35. The lowest BCUT2D eigenvalue weighted by atomic mass is 9.86. The van der Waals surface area contributed by atoms with E-state index in [4.69, 9.17) is 0 Å². The number of rotatable bonds is 5. The van der Waals surface area contributed by atoms with Gasteiger partial charge in [0, 0.05) is 37.8 Å². The summed E-state index contributed by atoms with van der Waals surface area (Å²) >= 11 is 0. The third-order valence-corrected chi connectivity index (χ3v) is 7.30. The van der Waals surface area contributed by atoms with E-state index in [0.717, 1.165) is 55.8 Å². The molecule has 0 radical (unpaired) electrons. The van der Waals surface area contributed by atoms with Gasteiger partial charge < -0.3 is 4.90 Å². The zero-order chi connectivity index (χ0) is 24.8. The van der Waals surface area contributed by atoms with E-state index in [2.05, 4.69) is 43.1 Å². The summed E-state index contributed by atoms with van der Waals surface area (Å²) in [5, 5.41) is 13.9. The molecule has 184 valence electrons. The van der Waals surface area contributed by atoms with Gasteiger partial charge in [-0.15, -0.1) is 0 Å². The van der Waals surface area contributed by atoms with Crippen molar-refractivity contribution in [2.24, 2.45) is 5.41 Å². The fourth-order valence-electron chi connectivity index (χ4n) is 5.35. The van der Waals surface area contributed by atoms with Crippen LogP contribution in [-0.2, 0) is 18.5 Å². The Hall–Kier alpha value is -3.19. The van der Waals surface area contributed by atoms with Crippen molar-refractivity contribution in [2.45, 2.75) is 51.4 Å². The molecule has 10 heteroatoms. The zero-order valence-corrected chi connectivity index (χ0v) is 19.9. The van der Waals surface area contributed by atoms with E-state index < -0.39 is 18.1 Å². The smallest absolute Gasteiger partial charge is 0.355 e. The van der Waals surface area contributed by atoms with Gasteiger partial charge >= 0.3 is 6.18 Å². The minimum atomic E-state index is -4.34. The third kappa shape index (κ3) is 4.82. The molecular weight excluding hydrogens is 455 g/mol. The number of anilines is 1. The molecule has 0 saturated carbocycles. The van der Waals surface area contributed by atoms with Crippen LogP contribution in [0.4, 0.5) is 19.0 Å². The first-order valence-corrected chi connectivity index (χ1v) is 11.8. The molecule has 35 heavy (non-hydrogen) atoms. The Morgan fingerprint density at radius 3 is 2.51 bits per heavy atom. The molecule has 1 atom stereocenters. The molecule has 3 aromatic rings.